The molecule has 1 heterocycles. The first kappa shape index (κ1) is 21.0. The van der Waals surface area contributed by atoms with Crippen LogP contribution in [0.5, 0.6) is 0 Å². The molecule has 0 saturated heterocycles. The number of hydrogen-bond donors (Lipinski definition) is 3. The number of halogens is 2. The molecule has 0 unspecified atom stereocenters. The van der Waals surface area contributed by atoms with E-state index < -0.39 is 0 Å². The average molecular weight is 357 g/mol. The molecule has 0 spiro atoms. The summed E-state index contributed by atoms with van der Waals surface area (Å²) in [6, 6.07) is 13.1. The van der Waals surface area contributed by atoms with Gasteiger partial charge in [0.1, 0.15) is 5.82 Å². The highest BCUT2D eigenvalue weighted by molar-refractivity contribution is 5.85. The first-order valence-corrected chi connectivity index (χ1v) is 7.00. The summed E-state index contributed by atoms with van der Waals surface area (Å²) < 4.78 is 0. The number of nitrogens with two attached hydrogens (primary N) is 1. The highest BCUT2D eigenvalue weighted by atomic mass is 35.5. The Morgan fingerprint density at radius 1 is 1.04 bits per heavy atom. The minimum absolute atomic E-state index is 0. The number of anilines is 2. The van der Waals surface area contributed by atoms with Crippen molar-refractivity contribution in [3.05, 3.63) is 54.2 Å². The van der Waals surface area contributed by atoms with E-state index in [1.54, 1.807) is 18.3 Å². The third-order valence-corrected chi connectivity index (χ3v) is 2.99. The van der Waals surface area contributed by atoms with Gasteiger partial charge in [-0.25, -0.2) is 4.98 Å². The molecule has 0 radical (unpaired) electrons. The summed E-state index contributed by atoms with van der Waals surface area (Å²) in [5.74, 6) is 0.878. The molecule has 5 nitrogen and oxygen atoms in total. The minimum Gasteiger partial charge on any atom is -0.399 e. The van der Waals surface area contributed by atoms with Crippen LogP contribution in [0.1, 0.15) is 12.0 Å². The summed E-state index contributed by atoms with van der Waals surface area (Å²) in [4.78, 5) is 15.9. The monoisotopic (exact) mass is 356 g/mol. The van der Waals surface area contributed by atoms with Gasteiger partial charge >= 0.3 is 0 Å². The van der Waals surface area contributed by atoms with Gasteiger partial charge in [-0.05, 0) is 36.2 Å². The fourth-order valence-electron chi connectivity index (χ4n) is 1.88. The lowest BCUT2D eigenvalue weighted by atomic mass is 10.1. The maximum absolute atomic E-state index is 11.8. The Bertz CT molecular complexity index is 564. The molecule has 7 heteroatoms. The Balaban J connectivity index is 0.00000242. The van der Waals surface area contributed by atoms with Gasteiger partial charge in [-0.15, -0.1) is 24.8 Å². The molecule has 2 aromatic rings. The number of nitrogens with zero attached hydrogens (tertiary/aromatic N) is 1. The molecule has 4 N–H and O–H groups in total. The van der Waals surface area contributed by atoms with Crippen molar-refractivity contribution in [1.29, 1.82) is 0 Å². The third kappa shape index (κ3) is 8.28. The largest absolute Gasteiger partial charge is 0.399 e. The van der Waals surface area contributed by atoms with Crippen LogP contribution in [0, 0.1) is 0 Å². The fraction of sp³-hybridized carbons (Fsp3) is 0.250. The molecule has 23 heavy (non-hydrogen) atoms. The average Bonchev–Trinajstić information content (AvgIpc) is 2.50. The van der Waals surface area contributed by atoms with Crippen LogP contribution >= 0.6 is 24.8 Å². The summed E-state index contributed by atoms with van der Waals surface area (Å²) in [5, 5.41) is 6.10. The van der Waals surface area contributed by atoms with Gasteiger partial charge in [0.2, 0.25) is 5.91 Å². The van der Waals surface area contributed by atoms with Crippen molar-refractivity contribution >= 4 is 42.2 Å². The molecule has 0 bridgehead atoms. The van der Waals surface area contributed by atoms with Crippen LogP contribution in [0.4, 0.5) is 11.5 Å². The van der Waals surface area contributed by atoms with Crippen LogP contribution in [0.2, 0.25) is 0 Å². The molecule has 0 aliphatic carbocycles. The van der Waals surface area contributed by atoms with Gasteiger partial charge in [0.15, 0.2) is 0 Å². The van der Waals surface area contributed by atoms with E-state index in [4.69, 9.17) is 5.73 Å². The number of amides is 1. The van der Waals surface area contributed by atoms with E-state index in [1.165, 1.54) is 0 Å². The Kier molecular flexibility index (Phi) is 10.6. The second-order valence-corrected chi connectivity index (χ2v) is 4.76. The number of nitrogen functional groups attached to an aromatic ring is 1. The van der Waals surface area contributed by atoms with E-state index in [0.717, 1.165) is 24.3 Å². The molecular weight excluding hydrogens is 335 g/mol. The first-order chi connectivity index (χ1) is 10.2. The standard InChI is InChI=1S/C16H20N4O.2ClH/c17-14-7-5-13(6-8-14)12-16(21)20-11-3-10-19-15-4-1-2-9-18-15;;/h1-2,4-9H,3,10-12,17H2,(H,18,19)(H,20,21);2*1H. The van der Waals surface area contributed by atoms with Gasteiger partial charge in [0.05, 0.1) is 6.42 Å². The molecule has 1 aromatic carbocycles. The third-order valence-electron chi connectivity index (χ3n) is 2.99. The highest BCUT2D eigenvalue weighted by Gasteiger charge is 2.02. The van der Waals surface area contributed by atoms with E-state index >= 15 is 0 Å². The Morgan fingerprint density at radius 2 is 1.78 bits per heavy atom. The molecule has 2 rings (SSSR count). The molecule has 0 aliphatic heterocycles. The number of hydrogen-bond acceptors (Lipinski definition) is 4. The molecule has 0 saturated carbocycles. The summed E-state index contributed by atoms with van der Waals surface area (Å²) in [7, 11) is 0. The number of carbonyl (C=O) groups is 1. The van der Waals surface area contributed by atoms with E-state index in [-0.39, 0.29) is 30.7 Å². The number of pyridine rings is 1. The van der Waals surface area contributed by atoms with E-state index in [9.17, 15) is 4.79 Å². The van der Waals surface area contributed by atoms with Crippen LogP contribution in [-0.4, -0.2) is 24.0 Å². The lowest BCUT2D eigenvalue weighted by molar-refractivity contribution is -0.120. The van der Waals surface area contributed by atoms with Crippen LogP contribution in [0.15, 0.2) is 48.7 Å². The Hall–Kier alpha value is -1.98. The molecule has 0 atom stereocenters. The smallest absolute Gasteiger partial charge is 0.224 e. The second kappa shape index (κ2) is 11.6. The van der Waals surface area contributed by atoms with Crippen molar-refractivity contribution in [3.63, 3.8) is 0 Å². The zero-order valence-corrected chi connectivity index (χ0v) is 14.3. The van der Waals surface area contributed by atoms with Crippen LogP contribution in [-0.2, 0) is 11.2 Å². The maximum Gasteiger partial charge on any atom is 0.224 e. The second-order valence-electron chi connectivity index (χ2n) is 4.76. The molecule has 126 valence electrons. The van der Waals surface area contributed by atoms with Crippen molar-refractivity contribution in [1.82, 2.24) is 10.3 Å². The Morgan fingerprint density at radius 3 is 2.43 bits per heavy atom. The lowest BCUT2D eigenvalue weighted by Gasteiger charge is -2.07. The molecule has 0 fully saturated rings. The predicted molar refractivity (Wildman–Crippen MR) is 99.4 cm³/mol. The zero-order valence-electron chi connectivity index (χ0n) is 12.7. The van der Waals surface area contributed by atoms with Gasteiger partial charge in [0.25, 0.3) is 0 Å². The van der Waals surface area contributed by atoms with Crippen LogP contribution in [0.25, 0.3) is 0 Å². The first-order valence-electron chi connectivity index (χ1n) is 7.00. The van der Waals surface area contributed by atoms with Crippen molar-refractivity contribution in [2.45, 2.75) is 12.8 Å². The van der Waals surface area contributed by atoms with Crippen LogP contribution in [0.3, 0.4) is 0 Å². The van der Waals surface area contributed by atoms with Crippen molar-refractivity contribution in [3.8, 4) is 0 Å². The van der Waals surface area contributed by atoms with Gasteiger partial charge in [-0.3, -0.25) is 4.79 Å². The predicted octanol–water partition coefficient (Wildman–Crippen LogP) is 2.67. The van der Waals surface area contributed by atoms with Crippen molar-refractivity contribution in [2.24, 2.45) is 0 Å². The summed E-state index contributed by atoms with van der Waals surface area (Å²) >= 11 is 0. The molecule has 1 amide bonds. The fourth-order valence-corrected chi connectivity index (χ4v) is 1.88. The minimum atomic E-state index is 0. The number of aromatic nitrogens is 1. The van der Waals surface area contributed by atoms with Gasteiger partial charge in [0, 0.05) is 25.0 Å². The SMILES string of the molecule is Cl.Cl.Nc1ccc(CC(=O)NCCCNc2ccccn2)cc1. The highest BCUT2D eigenvalue weighted by Crippen LogP contribution is 2.05. The molecule has 0 aliphatic rings. The van der Waals surface area contributed by atoms with Gasteiger partial charge in [-0.2, -0.15) is 0 Å². The van der Waals surface area contributed by atoms with Gasteiger partial charge < -0.3 is 16.4 Å². The van der Waals surface area contributed by atoms with Gasteiger partial charge in [-0.1, -0.05) is 18.2 Å². The number of carbonyl (C=O) groups excluding carboxylic acids is 1. The van der Waals surface area contributed by atoms with E-state index in [0.29, 0.717) is 18.7 Å². The lowest BCUT2D eigenvalue weighted by Crippen LogP contribution is -2.27. The summed E-state index contributed by atoms with van der Waals surface area (Å²) in [5.41, 5.74) is 7.28. The summed E-state index contributed by atoms with van der Waals surface area (Å²) in [6.07, 6.45) is 2.98. The van der Waals surface area contributed by atoms with Crippen molar-refractivity contribution in [2.75, 3.05) is 24.1 Å². The van der Waals surface area contributed by atoms with E-state index in [2.05, 4.69) is 15.6 Å². The van der Waals surface area contributed by atoms with Crippen LogP contribution < -0.4 is 16.4 Å². The number of rotatable bonds is 7. The normalized spacial score (nSPS) is 9.22. The zero-order chi connectivity index (χ0) is 14.9. The maximum atomic E-state index is 11.8. The quantitative estimate of drug-likeness (QED) is 0.526. The number of benzene rings is 1. The molecule has 1 aromatic heterocycles. The van der Waals surface area contributed by atoms with Crippen molar-refractivity contribution < 1.29 is 4.79 Å². The molecular formula is C16H22Cl2N4O. The van der Waals surface area contributed by atoms with E-state index in [1.807, 2.05) is 30.3 Å². The summed E-state index contributed by atoms with van der Waals surface area (Å²) in [6.45, 7) is 1.42. The Labute approximate surface area is 148 Å². The number of nitrogens with one attached hydrogen (secondary N) is 2. The topological polar surface area (TPSA) is 80.0 Å².